The third-order valence-electron chi connectivity index (χ3n) is 5.05. The molecule has 2 aliphatic rings. The van der Waals surface area contributed by atoms with Gasteiger partial charge in [-0.2, -0.15) is 11.8 Å². The first kappa shape index (κ1) is 21.1. The lowest BCUT2D eigenvalue weighted by molar-refractivity contribution is -0.121. The predicted octanol–water partition coefficient (Wildman–Crippen LogP) is 1.82. The van der Waals surface area contributed by atoms with Crippen LogP contribution in [0.15, 0.2) is 24.3 Å². The number of fused-ring (bicyclic) bond motifs is 1. The molecule has 0 saturated carbocycles. The second-order valence-electron chi connectivity index (χ2n) is 7.12. The molecule has 3 rings (SSSR count). The van der Waals surface area contributed by atoms with Crippen LogP contribution in [0.5, 0.6) is 0 Å². The smallest absolute Gasteiger partial charge is 0.339 e. The quantitative estimate of drug-likeness (QED) is 0.247. The highest BCUT2D eigenvalue weighted by molar-refractivity contribution is 8.00. The highest BCUT2D eigenvalue weighted by Crippen LogP contribution is 2.33. The van der Waals surface area contributed by atoms with E-state index in [2.05, 4.69) is 21.9 Å². The molecule has 0 radical (unpaired) electrons. The minimum absolute atomic E-state index is 0.00953. The Morgan fingerprint density at radius 1 is 1.24 bits per heavy atom. The fourth-order valence-corrected chi connectivity index (χ4v) is 5.06. The molecule has 29 heavy (non-hydrogen) atoms. The number of esters is 1. The number of hydrogen-bond acceptors (Lipinski definition) is 5. The summed E-state index contributed by atoms with van der Waals surface area (Å²) in [5.41, 5.74) is 1.33. The Morgan fingerprint density at radius 2 is 2.03 bits per heavy atom. The van der Waals surface area contributed by atoms with Crippen LogP contribution in [0.3, 0.4) is 0 Å². The number of unbranched alkanes of at least 4 members (excludes halogenated alkanes) is 1. The van der Waals surface area contributed by atoms with Gasteiger partial charge in [0.1, 0.15) is 0 Å². The third-order valence-corrected chi connectivity index (χ3v) is 6.56. The lowest BCUT2D eigenvalue weighted by Crippen LogP contribution is -2.36. The van der Waals surface area contributed by atoms with Gasteiger partial charge in [-0.25, -0.2) is 9.59 Å². The van der Waals surface area contributed by atoms with Crippen LogP contribution in [0.1, 0.15) is 41.6 Å². The molecule has 0 bridgehead atoms. The van der Waals surface area contributed by atoms with Crippen LogP contribution in [0.2, 0.25) is 0 Å². The van der Waals surface area contributed by atoms with E-state index in [1.165, 1.54) is 0 Å². The molecule has 2 fully saturated rings. The second-order valence-corrected chi connectivity index (χ2v) is 8.39. The monoisotopic (exact) mass is 415 g/mol. The Labute approximate surface area is 174 Å². The molecule has 2 aliphatic heterocycles. The van der Waals surface area contributed by atoms with Crippen molar-refractivity contribution < 1.29 is 19.1 Å². The van der Waals surface area contributed by atoms with Crippen LogP contribution in [0, 0.1) is 12.3 Å². The first-order valence-corrected chi connectivity index (χ1v) is 10.8. The van der Waals surface area contributed by atoms with Gasteiger partial charge in [0, 0.05) is 24.0 Å². The average molecular weight is 416 g/mol. The van der Waals surface area contributed by atoms with E-state index in [1.54, 1.807) is 24.3 Å². The van der Waals surface area contributed by atoms with Crippen molar-refractivity contribution in [3.8, 4) is 12.3 Å². The zero-order valence-corrected chi connectivity index (χ0v) is 16.9. The molecule has 0 unspecified atom stereocenters. The van der Waals surface area contributed by atoms with E-state index in [9.17, 15) is 14.4 Å². The van der Waals surface area contributed by atoms with Gasteiger partial charge >= 0.3 is 12.0 Å². The summed E-state index contributed by atoms with van der Waals surface area (Å²) < 4.78 is 4.87. The normalized spacial score (nSPS) is 22.2. The molecule has 1 aromatic carbocycles. The van der Waals surface area contributed by atoms with E-state index in [0.717, 1.165) is 30.6 Å². The number of thioether (sulfide) groups is 1. The van der Waals surface area contributed by atoms with Gasteiger partial charge in [-0.05, 0) is 30.5 Å². The third kappa shape index (κ3) is 5.91. The van der Waals surface area contributed by atoms with Gasteiger partial charge < -0.3 is 20.7 Å². The van der Waals surface area contributed by atoms with Crippen LogP contribution < -0.4 is 16.0 Å². The number of nitrogens with one attached hydrogen (secondary N) is 3. The molecule has 3 N–H and O–H groups in total. The summed E-state index contributed by atoms with van der Waals surface area (Å²) in [6.45, 7) is 0.362. The van der Waals surface area contributed by atoms with E-state index < -0.39 is 5.97 Å². The van der Waals surface area contributed by atoms with Crippen LogP contribution in [-0.4, -0.2) is 47.6 Å². The van der Waals surface area contributed by atoms with E-state index in [0.29, 0.717) is 23.8 Å². The van der Waals surface area contributed by atoms with Crippen LogP contribution in [0.4, 0.5) is 4.79 Å². The average Bonchev–Trinajstić information content (AvgIpc) is 3.27. The maximum absolute atomic E-state index is 12.1. The van der Waals surface area contributed by atoms with Crippen molar-refractivity contribution in [2.24, 2.45) is 0 Å². The van der Waals surface area contributed by atoms with Gasteiger partial charge in [-0.15, -0.1) is 6.42 Å². The SMILES string of the molecule is C#CCOC(=O)c1ccc(CNC(=O)CCCC[C@H]2SC[C@@H]3NC(=O)N[C@@H]32)cc1. The molecule has 154 valence electrons. The summed E-state index contributed by atoms with van der Waals surface area (Å²) in [4.78, 5) is 35.1. The number of carbonyl (C=O) groups is 3. The van der Waals surface area contributed by atoms with Crippen molar-refractivity contribution in [1.82, 2.24) is 16.0 Å². The topological polar surface area (TPSA) is 96.5 Å². The van der Waals surface area contributed by atoms with E-state index in [-0.39, 0.29) is 30.6 Å². The van der Waals surface area contributed by atoms with Crippen LogP contribution in [-0.2, 0) is 16.1 Å². The second kappa shape index (κ2) is 10.2. The van der Waals surface area contributed by atoms with Gasteiger partial charge in [0.15, 0.2) is 6.61 Å². The van der Waals surface area contributed by atoms with Gasteiger partial charge in [0.2, 0.25) is 5.91 Å². The molecule has 2 heterocycles. The molecule has 3 atom stereocenters. The lowest BCUT2D eigenvalue weighted by atomic mass is 10.0. The maximum atomic E-state index is 12.1. The Balaban J connectivity index is 1.30. The summed E-state index contributed by atoms with van der Waals surface area (Å²) in [6.07, 6.45) is 8.32. The number of urea groups is 1. The summed E-state index contributed by atoms with van der Waals surface area (Å²) in [7, 11) is 0. The van der Waals surface area contributed by atoms with Crippen LogP contribution >= 0.6 is 11.8 Å². The van der Waals surface area contributed by atoms with E-state index >= 15 is 0 Å². The summed E-state index contributed by atoms with van der Waals surface area (Å²) in [5, 5.41) is 9.25. The van der Waals surface area contributed by atoms with Gasteiger partial charge in [-0.1, -0.05) is 24.5 Å². The highest BCUT2D eigenvalue weighted by Gasteiger charge is 2.42. The van der Waals surface area contributed by atoms with Gasteiger partial charge in [-0.3, -0.25) is 4.79 Å². The largest absolute Gasteiger partial charge is 0.449 e. The van der Waals surface area contributed by atoms with Crippen molar-refractivity contribution in [3.05, 3.63) is 35.4 Å². The number of carbonyl (C=O) groups excluding carboxylic acids is 3. The van der Waals surface area contributed by atoms with Crippen molar-refractivity contribution in [2.45, 2.75) is 49.6 Å². The van der Waals surface area contributed by atoms with Gasteiger partial charge in [0.25, 0.3) is 0 Å². The highest BCUT2D eigenvalue weighted by atomic mass is 32.2. The number of hydrogen-bond donors (Lipinski definition) is 3. The molecule has 0 aromatic heterocycles. The number of rotatable bonds is 9. The predicted molar refractivity (Wildman–Crippen MR) is 111 cm³/mol. The molecule has 3 amide bonds. The standard InChI is InChI=1S/C21H25N3O4S/c1-2-11-28-20(26)15-9-7-14(8-10-15)12-22-18(25)6-4-3-5-17-19-16(13-29-17)23-21(27)24-19/h1,7-10,16-17,19H,3-6,11-13H2,(H,22,25)(H2,23,24,27)/t16-,17+,19-/m0/s1. The zero-order chi connectivity index (χ0) is 20.6. The lowest BCUT2D eigenvalue weighted by Gasteiger charge is -2.16. The Morgan fingerprint density at radius 3 is 2.79 bits per heavy atom. The fraction of sp³-hybridized carbons (Fsp3) is 0.476. The molecular weight excluding hydrogens is 390 g/mol. The first-order chi connectivity index (χ1) is 14.1. The summed E-state index contributed by atoms with van der Waals surface area (Å²) in [6, 6.07) is 7.27. The molecule has 8 heteroatoms. The Bertz CT molecular complexity index is 790. The Kier molecular flexibility index (Phi) is 7.42. The summed E-state index contributed by atoms with van der Waals surface area (Å²) >= 11 is 1.89. The molecular formula is C21H25N3O4S. The molecule has 7 nitrogen and oxygen atoms in total. The number of terminal acetylenes is 1. The number of amides is 3. The summed E-state index contributed by atoms with van der Waals surface area (Å²) in [5.74, 6) is 2.75. The molecule has 1 aromatic rings. The minimum Gasteiger partial charge on any atom is -0.449 e. The van der Waals surface area contributed by atoms with Gasteiger partial charge in [0.05, 0.1) is 17.6 Å². The van der Waals surface area contributed by atoms with E-state index in [4.69, 9.17) is 11.2 Å². The molecule has 2 saturated heterocycles. The minimum atomic E-state index is -0.460. The van der Waals surface area contributed by atoms with Crippen molar-refractivity contribution in [2.75, 3.05) is 12.4 Å². The zero-order valence-electron chi connectivity index (χ0n) is 16.1. The van der Waals surface area contributed by atoms with Crippen molar-refractivity contribution in [1.29, 1.82) is 0 Å². The van der Waals surface area contributed by atoms with Crippen LogP contribution in [0.25, 0.3) is 0 Å². The molecule has 0 spiro atoms. The molecule has 0 aliphatic carbocycles. The maximum Gasteiger partial charge on any atom is 0.339 e. The van der Waals surface area contributed by atoms with Crippen molar-refractivity contribution >= 4 is 29.7 Å². The van der Waals surface area contributed by atoms with E-state index in [1.807, 2.05) is 11.8 Å². The Hall–Kier alpha value is -2.66. The number of benzene rings is 1. The number of ether oxygens (including phenoxy) is 1. The van der Waals surface area contributed by atoms with Crippen molar-refractivity contribution in [3.63, 3.8) is 0 Å². The fourth-order valence-electron chi connectivity index (χ4n) is 3.51. The first-order valence-electron chi connectivity index (χ1n) is 9.71.